The maximum atomic E-state index is 13.2. The van der Waals surface area contributed by atoms with Gasteiger partial charge in [-0.1, -0.05) is 0 Å². The van der Waals surface area contributed by atoms with Crippen molar-refractivity contribution in [1.29, 1.82) is 0 Å². The number of sulfonamides is 1. The topological polar surface area (TPSA) is 125 Å². The Bertz CT molecular complexity index is 914. The lowest BCUT2D eigenvalue weighted by molar-refractivity contribution is -0.192. The van der Waals surface area contributed by atoms with Crippen molar-refractivity contribution in [2.75, 3.05) is 53.0 Å². The molecule has 0 spiro atoms. The molecule has 2 aliphatic heterocycles. The van der Waals surface area contributed by atoms with E-state index in [2.05, 4.69) is 5.32 Å². The molecule has 34 heavy (non-hydrogen) atoms. The molecule has 0 aromatic heterocycles. The molecular formula is C20H28F3N3O7S. The average Bonchev–Trinajstić information content (AvgIpc) is 3.32. The van der Waals surface area contributed by atoms with Gasteiger partial charge in [0.25, 0.3) is 0 Å². The summed E-state index contributed by atoms with van der Waals surface area (Å²) >= 11 is 0. The van der Waals surface area contributed by atoms with Crippen LogP contribution in [0.3, 0.4) is 0 Å². The number of hydrogen-bond acceptors (Lipinski definition) is 7. The molecule has 3 rings (SSSR count). The van der Waals surface area contributed by atoms with Crippen LogP contribution in [0.25, 0.3) is 0 Å². The zero-order valence-electron chi connectivity index (χ0n) is 18.6. The Labute approximate surface area is 195 Å². The molecule has 192 valence electrons. The number of carbonyl (C=O) groups is 2. The first-order valence-electron chi connectivity index (χ1n) is 10.5. The number of nitrogens with one attached hydrogen (secondary N) is 1. The van der Waals surface area contributed by atoms with Gasteiger partial charge in [0.2, 0.25) is 15.9 Å². The third kappa shape index (κ3) is 8.11. The summed E-state index contributed by atoms with van der Waals surface area (Å²) in [4.78, 5) is 23.4. The van der Waals surface area contributed by atoms with Crippen LogP contribution in [-0.4, -0.2) is 99.9 Å². The molecule has 1 atom stereocenters. The van der Waals surface area contributed by atoms with E-state index >= 15 is 0 Å². The lowest BCUT2D eigenvalue weighted by Gasteiger charge is -2.31. The normalized spacial score (nSPS) is 18.9. The number of aliphatic carboxylic acids is 1. The van der Waals surface area contributed by atoms with Gasteiger partial charge in [0.1, 0.15) is 5.75 Å². The molecule has 1 unspecified atom stereocenters. The summed E-state index contributed by atoms with van der Waals surface area (Å²) in [6.45, 7) is 3.28. The third-order valence-electron chi connectivity index (χ3n) is 5.15. The van der Waals surface area contributed by atoms with Crippen LogP contribution in [0, 0.1) is 0 Å². The quantitative estimate of drug-likeness (QED) is 0.554. The summed E-state index contributed by atoms with van der Waals surface area (Å²) in [7, 11) is -2.29. The number of rotatable bonds is 7. The van der Waals surface area contributed by atoms with Crippen LogP contribution in [0.2, 0.25) is 0 Å². The molecule has 14 heteroatoms. The minimum atomic E-state index is -5.08. The molecule has 0 bridgehead atoms. The van der Waals surface area contributed by atoms with Crippen molar-refractivity contribution in [2.24, 2.45) is 0 Å². The molecule has 0 radical (unpaired) electrons. The van der Waals surface area contributed by atoms with Crippen LogP contribution in [0.15, 0.2) is 29.2 Å². The number of piperazine rings is 1. The van der Waals surface area contributed by atoms with Crippen LogP contribution < -0.4 is 10.1 Å². The molecule has 1 amide bonds. The summed E-state index contributed by atoms with van der Waals surface area (Å²) < 4.78 is 70.1. The highest BCUT2D eigenvalue weighted by Crippen LogP contribution is 2.22. The van der Waals surface area contributed by atoms with Gasteiger partial charge in [0.05, 0.1) is 24.7 Å². The number of amides is 1. The molecular weight excluding hydrogens is 483 g/mol. The Morgan fingerprint density at radius 3 is 2.29 bits per heavy atom. The highest BCUT2D eigenvalue weighted by Gasteiger charge is 2.38. The van der Waals surface area contributed by atoms with Crippen LogP contribution >= 0.6 is 0 Å². The Kier molecular flexibility index (Phi) is 10.1. The maximum absolute atomic E-state index is 13.2. The molecule has 2 heterocycles. The van der Waals surface area contributed by atoms with Crippen molar-refractivity contribution < 1.29 is 45.8 Å². The average molecular weight is 512 g/mol. The first kappa shape index (κ1) is 27.8. The number of carboxylic acid groups (broad SMARTS) is 1. The van der Waals surface area contributed by atoms with E-state index in [-0.39, 0.29) is 30.0 Å². The van der Waals surface area contributed by atoms with Gasteiger partial charge in [-0.3, -0.25) is 4.79 Å². The number of carboxylic acids is 1. The predicted octanol–water partition coefficient (Wildman–Crippen LogP) is 0.930. The number of benzene rings is 1. The molecule has 2 N–H and O–H groups in total. The molecule has 2 saturated heterocycles. The Morgan fingerprint density at radius 1 is 1.24 bits per heavy atom. The summed E-state index contributed by atoms with van der Waals surface area (Å²) in [5.74, 6) is -2.35. The number of carbonyl (C=O) groups excluding carboxylic acids is 1. The van der Waals surface area contributed by atoms with Crippen LogP contribution in [0.5, 0.6) is 5.75 Å². The van der Waals surface area contributed by atoms with E-state index < -0.39 is 22.2 Å². The Balaban J connectivity index is 0.000000509. The minimum absolute atomic E-state index is 0.148. The van der Waals surface area contributed by atoms with E-state index in [9.17, 15) is 26.4 Å². The molecule has 1 aromatic rings. The molecule has 2 fully saturated rings. The van der Waals surface area contributed by atoms with Gasteiger partial charge in [0, 0.05) is 39.3 Å². The largest absolute Gasteiger partial charge is 0.497 e. The van der Waals surface area contributed by atoms with E-state index in [1.807, 2.05) is 0 Å². The van der Waals surface area contributed by atoms with Crippen molar-refractivity contribution in [3.8, 4) is 5.75 Å². The summed E-state index contributed by atoms with van der Waals surface area (Å²) in [6.07, 6.45) is -3.54. The van der Waals surface area contributed by atoms with E-state index in [1.165, 1.54) is 23.5 Å². The summed E-state index contributed by atoms with van der Waals surface area (Å²) in [5.41, 5.74) is 0. The fraction of sp³-hybridized carbons (Fsp3) is 0.600. The molecule has 0 aliphatic carbocycles. The molecule has 10 nitrogen and oxygen atoms in total. The zero-order valence-corrected chi connectivity index (χ0v) is 19.4. The smallest absolute Gasteiger partial charge is 0.490 e. The number of hydrogen-bond donors (Lipinski definition) is 2. The van der Waals surface area contributed by atoms with Crippen LogP contribution in [0.1, 0.15) is 12.8 Å². The Hall–Kier alpha value is -2.42. The number of ether oxygens (including phenoxy) is 2. The van der Waals surface area contributed by atoms with Crippen LogP contribution in [-0.2, 0) is 24.3 Å². The lowest BCUT2D eigenvalue weighted by atomic mass is 10.2. The summed E-state index contributed by atoms with van der Waals surface area (Å²) in [6, 6.07) is 6.22. The van der Waals surface area contributed by atoms with Crippen molar-refractivity contribution in [3.05, 3.63) is 24.3 Å². The summed E-state index contributed by atoms with van der Waals surface area (Å²) in [5, 5.41) is 10.3. The van der Waals surface area contributed by atoms with Crippen LogP contribution in [0.4, 0.5) is 13.2 Å². The van der Waals surface area contributed by atoms with Gasteiger partial charge in [-0.25, -0.2) is 13.2 Å². The number of methoxy groups -OCH3 is 1. The minimum Gasteiger partial charge on any atom is -0.497 e. The zero-order chi connectivity index (χ0) is 25.4. The molecule has 2 aliphatic rings. The number of halogens is 3. The second kappa shape index (κ2) is 12.3. The van der Waals surface area contributed by atoms with Crippen molar-refractivity contribution in [2.45, 2.75) is 30.0 Å². The SMILES string of the molecule is COc1ccc(S(=O)(=O)N(CC(=O)N2CCNCC2)CC2CCCO2)cc1.O=C(O)C(F)(F)F. The van der Waals surface area contributed by atoms with Crippen molar-refractivity contribution in [1.82, 2.24) is 14.5 Å². The standard InChI is InChI=1S/C18H27N3O5S.C2HF3O2/c1-25-15-4-6-17(7-5-15)27(23,24)21(13-16-3-2-12-26-16)14-18(22)20-10-8-19-9-11-20;3-2(4,5)1(6)7/h4-7,16,19H,2-3,8-14H2,1H3;(H,6,7). The van der Waals surface area contributed by atoms with Gasteiger partial charge < -0.3 is 24.8 Å². The predicted molar refractivity (Wildman–Crippen MR) is 114 cm³/mol. The van der Waals surface area contributed by atoms with Gasteiger partial charge >= 0.3 is 12.1 Å². The first-order valence-corrected chi connectivity index (χ1v) is 11.9. The van der Waals surface area contributed by atoms with E-state index in [4.69, 9.17) is 19.4 Å². The molecule has 1 aromatic carbocycles. The lowest BCUT2D eigenvalue weighted by Crippen LogP contribution is -2.51. The Morgan fingerprint density at radius 2 is 1.82 bits per heavy atom. The third-order valence-corrected chi connectivity index (χ3v) is 6.98. The van der Waals surface area contributed by atoms with Crippen molar-refractivity contribution >= 4 is 21.9 Å². The first-order chi connectivity index (χ1) is 15.9. The van der Waals surface area contributed by atoms with Gasteiger partial charge in [-0.05, 0) is 37.1 Å². The highest BCUT2D eigenvalue weighted by atomic mass is 32.2. The molecule has 0 saturated carbocycles. The van der Waals surface area contributed by atoms with Gasteiger partial charge in [-0.15, -0.1) is 0 Å². The fourth-order valence-corrected chi connectivity index (χ4v) is 4.75. The fourth-order valence-electron chi connectivity index (χ4n) is 3.32. The van der Waals surface area contributed by atoms with E-state index in [0.29, 0.717) is 25.4 Å². The number of nitrogens with zero attached hydrogens (tertiary/aromatic N) is 2. The maximum Gasteiger partial charge on any atom is 0.490 e. The van der Waals surface area contributed by atoms with Gasteiger partial charge in [0.15, 0.2) is 0 Å². The second-order valence-electron chi connectivity index (χ2n) is 7.54. The van der Waals surface area contributed by atoms with E-state index in [0.717, 1.165) is 25.9 Å². The highest BCUT2D eigenvalue weighted by molar-refractivity contribution is 7.89. The van der Waals surface area contributed by atoms with E-state index in [1.54, 1.807) is 17.0 Å². The number of alkyl halides is 3. The van der Waals surface area contributed by atoms with Crippen molar-refractivity contribution in [3.63, 3.8) is 0 Å². The van der Waals surface area contributed by atoms with Gasteiger partial charge in [-0.2, -0.15) is 17.5 Å². The monoisotopic (exact) mass is 511 g/mol. The second-order valence-corrected chi connectivity index (χ2v) is 9.48.